The van der Waals surface area contributed by atoms with Crippen molar-refractivity contribution in [2.75, 3.05) is 26.2 Å². The van der Waals surface area contributed by atoms with Gasteiger partial charge in [0.25, 0.3) is 0 Å². The van der Waals surface area contributed by atoms with Gasteiger partial charge in [-0.1, -0.05) is 12.1 Å². The number of benzene rings is 1. The number of halogens is 4. The third kappa shape index (κ3) is 4.95. The topological polar surface area (TPSA) is 81.9 Å². The molecule has 0 aromatic heterocycles. The Morgan fingerprint density at radius 1 is 1.35 bits per heavy atom. The summed E-state index contributed by atoms with van der Waals surface area (Å²) in [6, 6.07) is 4.63. The molecule has 0 saturated carbocycles. The highest BCUT2D eigenvalue weighted by molar-refractivity contribution is 7.89. The molecular formula is C12H16ClF3N2O4S. The summed E-state index contributed by atoms with van der Waals surface area (Å²) in [5.74, 6) is -0.759. The Hall–Kier alpha value is -1.07. The fourth-order valence-electron chi connectivity index (χ4n) is 2.06. The first kappa shape index (κ1) is 20.0. The molecule has 1 aliphatic heterocycles. The molecule has 0 radical (unpaired) electrons. The largest absolute Gasteiger partial charge is 0.573 e. The van der Waals surface area contributed by atoms with E-state index in [0.717, 1.165) is 16.4 Å². The average molecular weight is 377 g/mol. The van der Waals surface area contributed by atoms with Gasteiger partial charge in [0.1, 0.15) is 10.6 Å². The van der Waals surface area contributed by atoms with Crippen LogP contribution in [0.5, 0.6) is 5.75 Å². The summed E-state index contributed by atoms with van der Waals surface area (Å²) in [7, 11) is -4.14. The van der Waals surface area contributed by atoms with Gasteiger partial charge in [0.05, 0.1) is 12.7 Å². The Morgan fingerprint density at radius 3 is 2.61 bits per heavy atom. The molecular weight excluding hydrogens is 361 g/mol. The molecule has 1 fully saturated rings. The fraction of sp³-hybridized carbons (Fsp3) is 0.500. The van der Waals surface area contributed by atoms with Gasteiger partial charge in [-0.2, -0.15) is 4.31 Å². The second-order valence-electron chi connectivity index (χ2n) is 4.59. The third-order valence-electron chi connectivity index (χ3n) is 3.06. The summed E-state index contributed by atoms with van der Waals surface area (Å²) in [4.78, 5) is -0.537. The molecule has 2 N–H and O–H groups in total. The van der Waals surface area contributed by atoms with Crippen LogP contribution in [0.25, 0.3) is 0 Å². The van der Waals surface area contributed by atoms with Gasteiger partial charge in [-0.3, -0.25) is 0 Å². The zero-order valence-electron chi connectivity index (χ0n) is 11.8. The SMILES string of the molecule is Cl.NCC1CN(S(=O)(=O)c2ccccc2OC(F)(F)F)CCO1. The van der Waals surface area contributed by atoms with Crippen LogP contribution in [-0.4, -0.2) is 51.4 Å². The van der Waals surface area contributed by atoms with Crippen molar-refractivity contribution in [2.24, 2.45) is 5.73 Å². The molecule has 132 valence electrons. The van der Waals surface area contributed by atoms with Crippen LogP contribution in [0.1, 0.15) is 0 Å². The maximum Gasteiger partial charge on any atom is 0.573 e. The minimum atomic E-state index is -4.98. The minimum absolute atomic E-state index is 0. The zero-order chi connectivity index (χ0) is 16.4. The van der Waals surface area contributed by atoms with Gasteiger partial charge in [-0.25, -0.2) is 8.42 Å². The van der Waals surface area contributed by atoms with Crippen LogP contribution in [0.2, 0.25) is 0 Å². The number of nitrogens with two attached hydrogens (primary N) is 1. The lowest BCUT2D eigenvalue weighted by atomic mass is 10.3. The maximum atomic E-state index is 12.5. The van der Waals surface area contributed by atoms with E-state index in [-0.39, 0.29) is 38.6 Å². The van der Waals surface area contributed by atoms with Crippen molar-refractivity contribution in [3.05, 3.63) is 24.3 Å². The lowest BCUT2D eigenvalue weighted by Crippen LogP contribution is -2.48. The normalized spacial score (nSPS) is 19.9. The highest BCUT2D eigenvalue weighted by Gasteiger charge is 2.36. The molecule has 0 amide bonds. The summed E-state index contributed by atoms with van der Waals surface area (Å²) in [6.45, 7) is 0.272. The Morgan fingerprint density at radius 2 is 2.00 bits per heavy atom. The smallest absolute Gasteiger partial charge is 0.404 e. The van der Waals surface area contributed by atoms with Crippen molar-refractivity contribution in [2.45, 2.75) is 17.4 Å². The van der Waals surface area contributed by atoms with Crippen LogP contribution in [0.15, 0.2) is 29.2 Å². The Bertz CT molecular complexity index is 627. The number of alkyl halides is 3. The van der Waals surface area contributed by atoms with Crippen molar-refractivity contribution >= 4 is 22.4 Å². The van der Waals surface area contributed by atoms with Crippen molar-refractivity contribution in [3.63, 3.8) is 0 Å². The number of ether oxygens (including phenoxy) is 2. The Kier molecular flexibility index (Phi) is 6.66. The van der Waals surface area contributed by atoms with Crippen LogP contribution in [0.3, 0.4) is 0 Å². The predicted molar refractivity (Wildman–Crippen MR) is 77.9 cm³/mol. The zero-order valence-corrected chi connectivity index (χ0v) is 13.5. The first-order valence-corrected chi connectivity index (χ1v) is 7.84. The number of hydrogen-bond acceptors (Lipinski definition) is 5. The first-order valence-electron chi connectivity index (χ1n) is 6.40. The average Bonchev–Trinajstić information content (AvgIpc) is 2.46. The number of morpholine rings is 1. The van der Waals surface area contributed by atoms with Crippen LogP contribution in [-0.2, 0) is 14.8 Å². The quantitative estimate of drug-likeness (QED) is 0.858. The molecule has 0 spiro atoms. The molecule has 23 heavy (non-hydrogen) atoms. The van der Waals surface area contributed by atoms with Crippen LogP contribution >= 0.6 is 12.4 Å². The van der Waals surface area contributed by atoms with Gasteiger partial charge >= 0.3 is 6.36 Å². The lowest BCUT2D eigenvalue weighted by molar-refractivity contribution is -0.275. The molecule has 6 nitrogen and oxygen atoms in total. The molecule has 0 bridgehead atoms. The highest BCUT2D eigenvalue weighted by atomic mass is 35.5. The first-order chi connectivity index (χ1) is 10.2. The summed E-state index contributed by atoms with van der Waals surface area (Å²) in [5.41, 5.74) is 5.44. The van der Waals surface area contributed by atoms with E-state index >= 15 is 0 Å². The van der Waals surface area contributed by atoms with Gasteiger partial charge in [0.15, 0.2) is 0 Å². The van der Waals surface area contributed by atoms with E-state index in [1.807, 2.05) is 0 Å². The van der Waals surface area contributed by atoms with E-state index in [4.69, 9.17) is 10.5 Å². The molecule has 2 rings (SSSR count). The molecule has 11 heteroatoms. The molecule has 1 unspecified atom stereocenters. The number of para-hydroxylation sites is 1. The van der Waals surface area contributed by atoms with E-state index in [1.165, 1.54) is 12.1 Å². The Balaban J connectivity index is 0.00000264. The van der Waals surface area contributed by atoms with Gasteiger partial charge in [-0.15, -0.1) is 25.6 Å². The summed E-state index contributed by atoms with van der Waals surface area (Å²) < 4.78 is 72.4. The second-order valence-corrected chi connectivity index (χ2v) is 6.49. The number of hydrogen-bond donors (Lipinski definition) is 1. The van der Waals surface area contributed by atoms with Crippen LogP contribution < -0.4 is 10.5 Å². The summed E-state index contributed by atoms with van der Waals surface area (Å²) >= 11 is 0. The number of sulfonamides is 1. The number of nitrogens with zero attached hydrogens (tertiary/aromatic N) is 1. The van der Waals surface area contributed by atoms with Crippen molar-refractivity contribution in [3.8, 4) is 5.75 Å². The Labute approximate surface area is 137 Å². The van der Waals surface area contributed by atoms with E-state index in [9.17, 15) is 21.6 Å². The van der Waals surface area contributed by atoms with Crippen molar-refractivity contribution < 1.29 is 31.1 Å². The van der Waals surface area contributed by atoms with E-state index in [2.05, 4.69) is 4.74 Å². The van der Waals surface area contributed by atoms with E-state index in [0.29, 0.717) is 0 Å². The van der Waals surface area contributed by atoms with Crippen molar-refractivity contribution in [1.29, 1.82) is 0 Å². The summed E-state index contributed by atoms with van der Waals surface area (Å²) in [5, 5.41) is 0. The lowest BCUT2D eigenvalue weighted by Gasteiger charge is -2.31. The highest BCUT2D eigenvalue weighted by Crippen LogP contribution is 2.31. The fourth-order valence-corrected chi connectivity index (χ4v) is 3.63. The maximum absolute atomic E-state index is 12.5. The second kappa shape index (κ2) is 7.67. The molecule has 1 heterocycles. The van der Waals surface area contributed by atoms with Crippen LogP contribution in [0, 0.1) is 0 Å². The molecule has 1 aliphatic rings. The van der Waals surface area contributed by atoms with Crippen molar-refractivity contribution in [1.82, 2.24) is 4.31 Å². The van der Waals surface area contributed by atoms with Crippen LogP contribution in [0.4, 0.5) is 13.2 Å². The molecule has 1 aromatic rings. The van der Waals surface area contributed by atoms with Gasteiger partial charge in [0, 0.05) is 19.6 Å². The van der Waals surface area contributed by atoms with Gasteiger partial charge in [0.2, 0.25) is 10.0 Å². The van der Waals surface area contributed by atoms with E-state index in [1.54, 1.807) is 0 Å². The molecule has 1 aromatic carbocycles. The molecule has 1 saturated heterocycles. The molecule has 0 aliphatic carbocycles. The minimum Gasteiger partial charge on any atom is -0.404 e. The number of rotatable bonds is 4. The standard InChI is InChI=1S/C12H15F3N2O4S.ClH/c13-12(14,15)21-10-3-1-2-4-11(10)22(18,19)17-5-6-20-9(7-16)8-17;/h1-4,9H,5-8,16H2;1H. The van der Waals surface area contributed by atoms with Gasteiger partial charge in [-0.05, 0) is 12.1 Å². The van der Waals surface area contributed by atoms with Gasteiger partial charge < -0.3 is 15.2 Å². The predicted octanol–water partition coefficient (Wildman–Crippen LogP) is 1.36. The third-order valence-corrected chi connectivity index (χ3v) is 4.96. The summed E-state index contributed by atoms with van der Waals surface area (Å²) in [6.07, 6.45) is -5.46. The van der Waals surface area contributed by atoms with E-state index < -0.39 is 33.1 Å². The monoisotopic (exact) mass is 376 g/mol. The molecule has 1 atom stereocenters.